The Morgan fingerprint density at radius 1 is 1.21 bits per heavy atom. The van der Waals surface area contributed by atoms with E-state index in [1.165, 1.54) is 0 Å². The molecule has 29 heavy (non-hydrogen) atoms. The van der Waals surface area contributed by atoms with Gasteiger partial charge in [-0.15, -0.1) is 0 Å². The zero-order valence-corrected chi connectivity index (χ0v) is 16.2. The normalized spacial score (nSPS) is 17.1. The van der Waals surface area contributed by atoms with Crippen LogP contribution in [-0.4, -0.2) is 36.4 Å². The van der Waals surface area contributed by atoms with Crippen molar-refractivity contribution in [1.29, 1.82) is 0 Å². The highest BCUT2D eigenvalue weighted by Gasteiger charge is 2.34. The molecule has 2 fully saturated rings. The molecule has 1 atom stereocenters. The van der Waals surface area contributed by atoms with E-state index in [4.69, 9.17) is 4.74 Å². The molecule has 2 aliphatic rings. The third-order valence-corrected chi connectivity index (χ3v) is 5.32. The van der Waals surface area contributed by atoms with Crippen molar-refractivity contribution in [3.63, 3.8) is 0 Å². The molecule has 7 heteroatoms. The van der Waals surface area contributed by atoms with Crippen molar-refractivity contribution in [1.82, 2.24) is 15.5 Å². The molecule has 0 aromatic heterocycles. The number of carbonyl (C=O) groups excluding carboxylic acids is 3. The highest BCUT2D eigenvalue weighted by atomic mass is 16.5. The number of methoxy groups -OCH3 is 1. The molecule has 2 N–H and O–H groups in total. The summed E-state index contributed by atoms with van der Waals surface area (Å²) in [5.74, 6) is 0.777. The minimum atomic E-state index is -0.404. The summed E-state index contributed by atoms with van der Waals surface area (Å²) < 4.78 is 5.21. The summed E-state index contributed by atoms with van der Waals surface area (Å²) in [6, 6.07) is 14.3. The van der Waals surface area contributed by atoms with Gasteiger partial charge < -0.3 is 15.4 Å². The van der Waals surface area contributed by atoms with E-state index in [2.05, 4.69) is 10.6 Å². The van der Waals surface area contributed by atoms with Crippen LogP contribution in [-0.2, 0) is 11.3 Å². The lowest BCUT2D eigenvalue weighted by Crippen LogP contribution is -2.31. The van der Waals surface area contributed by atoms with Gasteiger partial charge >= 0.3 is 6.03 Å². The Morgan fingerprint density at radius 3 is 2.59 bits per heavy atom. The van der Waals surface area contributed by atoms with Gasteiger partial charge in [0.2, 0.25) is 5.91 Å². The van der Waals surface area contributed by atoms with Crippen molar-refractivity contribution in [2.75, 3.05) is 13.7 Å². The SMILES string of the molecule is COc1ccc([C@H](NC(=O)c2cccc(CN3C(=O)CNC3=O)c2)C2CC2)cc1. The summed E-state index contributed by atoms with van der Waals surface area (Å²) in [4.78, 5) is 37.6. The number of hydrogen-bond acceptors (Lipinski definition) is 4. The van der Waals surface area contributed by atoms with E-state index in [-0.39, 0.29) is 30.9 Å². The third kappa shape index (κ3) is 4.23. The van der Waals surface area contributed by atoms with E-state index in [9.17, 15) is 14.4 Å². The molecule has 1 heterocycles. The van der Waals surface area contributed by atoms with E-state index < -0.39 is 6.03 Å². The number of hydrogen-bond donors (Lipinski definition) is 2. The van der Waals surface area contributed by atoms with Crippen LogP contribution in [0.4, 0.5) is 4.79 Å². The van der Waals surface area contributed by atoms with Gasteiger partial charge in [0.1, 0.15) is 5.75 Å². The fourth-order valence-corrected chi connectivity index (χ4v) is 3.55. The first-order valence-electron chi connectivity index (χ1n) is 9.67. The molecule has 1 aliphatic carbocycles. The Bertz CT molecular complexity index is 921. The van der Waals surface area contributed by atoms with Crippen molar-refractivity contribution < 1.29 is 19.1 Å². The minimum absolute atomic E-state index is 0.0178. The van der Waals surface area contributed by atoms with Crippen LogP contribution in [0.2, 0.25) is 0 Å². The number of benzene rings is 2. The van der Waals surface area contributed by atoms with Gasteiger partial charge in [0.05, 0.1) is 26.2 Å². The number of urea groups is 1. The predicted octanol–water partition coefficient (Wildman–Crippen LogP) is 2.63. The molecule has 1 saturated heterocycles. The standard InChI is InChI=1S/C22H23N3O4/c1-29-18-9-7-16(8-10-18)20(15-5-6-15)24-21(27)17-4-2-3-14(11-17)13-25-19(26)12-23-22(25)28/h2-4,7-11,15,20H,5-6,12-13H2,1H3,(H,23,28)(H,24,27)/t20-/m1/s1. The number of imide groups is 1. The maximum absolute atomic E-state index is 12.9. The van der Waals surface area contributed by atoms with Crippen molar-refractivity contribution in [2.45, 2.75) is 25.4 Å². The fraction of sp³-hybridized carbons (Fsp3) is 0.318. The second-order valence-corrected chi connectivity index (χ2v) is 7.40. The van der Waals surface area contributed by atoms with Gasteiger partial charge in [-0.3, -0.25) is 14.5 Å². The van der Waals surface area contributed by atoms with Crippen molar-refractivity contribution in [3.8, 4) is 5.75 Å². The summed E-state index contributed by atoms with van der Waals surface area (Å²) in [5.41, 5.74) is 2.29. The number of amides is 4. The van der Waals surface area contributed by atoms with Gasteiger partial charge in [0.25, 0.3) is 5.91 Å². The van der Waals surface area contributed by atoms with Crippen LogP contribution in [0.5, 0.6) is 5.75 Å². The molecule has 7 nitrogen and oxygen atoms in total. The van der Waals surface area contributed by atoms with E-state index in [1.807, 2.05) is 24.3 Å². The molecular weight excluding hydrogens is 370 g/mol. The number of carbonyl (C=O) groups is 3. The van der Waals surface area contributed by atoms with Gasteiger partial charge in [0.15, 0.2) is 0 Å². The maximum atomic E-state index is 12.9. The summed E-state index contributed by atoms with van der Waals surface area (Å²) in [7, 11) is 1.63. The summed E-state index contributed by atoms with van der Waals surface area (Å²) in [6.07, 6.45) is 2.17. The van der Waals surface area contributed by atoms with E-state index in [0.29, 0.717) is 11.5 Å². The Balaban J connectivity index is 1.48. The molecule has 150 valence electrons. The molecule has 2 aromatic carbocycles. The molecule has 4 amide bonds. The van der Waals surface area contributed by atoms with Gasteiger partial charge in [-0.1, -0.05) is 24.3 Å². The van der Waals surface area contributed by atoms with Crippen LogP contribution in [0, 0.1) is 5.92 Å². The molecule has 0 bridgehead atoms. The van der Waals surface area contributed by atoms with Crippen molar-refractivity contribution in [3.05, 3.63) is 65.2 Å². The van der Waals surface area contributed by atoms with Crippen molar-refractivity contribution in [2.24, 2.45) is 5.92 Å². The summed E-state index contributed by atoms with van der Waals surface area (Å²) in [6.45, 7) is 0.167. The lowest BCUT2D eigenvalue weighted by molar-refractivity contribution is -0.125. The van der Waals surface area contributed by atoms with E-state index in [1.54, 1.807) is 31.4 Å². The fourth-order valence-electron chi connectivity index (χ4n) is 3.55. The topological polar surface area (TPSA) is 87.7 Å². The van der Waals surface area contributed by atoms with Crippen LogP contribution in [0.3, 0.4) is 0 Å². The second kappa shape index (κ2) is 7.95. The monoisotopic (exact) mass is 393 g/mol. The lowest BCUT2D eigenvalue weighted by Gasteiger charge is -2.20. The second-order valence-electron chi connectivity index (χ2n) is 7.40. The van der Waals surface area contributed by atoms with Crippen LogP contribution < -0.4 is 15.4 Å². The molecule has 1 aliphatic heterocycles. The Labute approximate surface area is 169 Å². The Kier molecular flexibility index (Phi) is 5.20. The van der Waals surface area contributed by atoms with Crippen LogP contribution in [0.1, 0.15) is 40.4 Å². The molecule has 4 rings (SSSR count). The third-order valence-electron chi connectivity index (χ3n) is 5.32. The Hall–Kier alpha value is -3.35. The highest BCUT2D eigenvalue weighted by Crippen LogP contribution is 2.41. The average molecular weight is 393 g/mol. The number of rotatable bonds is 7. The predicted molar refractivity (Wildman–Crippen MR) is 106 cm³/mol. The number of nitrogens with one attached hydrogen (secondary N) is 2. The van der Waals surface area contributed by atoms with Crippen LogP contribution in [0.25, 0.3) is 0 Å². The summed E-state index contributed by atoms with van der Waals surface area (Å²) in [5, 5.41) is 5.65. The first kappa shape index (κ1) is 19.0. The molecule has 0 unspecified atom stereocenters. The molecule has 1 saturated carbocycles. The smallest absolute Gasteiger partial charge is 0.324 e. The van der Waals surface area contributed by atoms with E-state index in [0.717, 1.165) is 34.6 Å². The lowest BCUT2D eigenvalue weighted by atomic mass is 10.0. The van der Waals surface area contributed by atoms with Gasteiger partial charge in [-0.25, -0.2) is 4.79 Å². The first-order valence-corrected chi connectivity index (χ1v) is 9.67. The summed E-state index contributed by atoms with van der Waals surface area (Å²) >= 11 is 0. The molecule has 0 spiro atoms. The van der Waals surface area contributed by atoms with E-state index >= 15 is 0 Å². The highest BCUT2D eigenvalue weighted by molar-refractivity contribution is 6.02. The average Bonchev–Trinajstić information content (AvgIpc) is 3.54. The zero-order valence-electron chi connectivity index (χ0n) is 16.2. The number of ether oxygens (including phenoxy) is 1. The first-order chi connectivity index (χ1) is 14.0. The minimum Gasteiger partial charge on any atom is -0.497 e. The van der Waals surface area contributed by atoms with Gasteiger partial charge in [-0.2, -0.15) is 0 Å². The van der Waals surface area contributed by atoms with Gasteiger partial charge in [-0.05, 0) is 54.2 Å². The van der Waals surface area contributed by atoms with Crippen molar-refractivity contribution >= 4 is 17.8 Å². The molecule has 0 radical (unpaired) electrons. The van der Waals surface area contributed by atoms with Gasteiger partial charge in [0, 0.05) is 5.56 Å². The molecule has 2 aromatic rings. The largest absolute Gasteiger partial charge is 0.497 e. The van der Waals surface area contributed by atoms with Crippen LogP contribution in [0.15, 0.2) is 48.5 Å². The number of nitrogens with zero attached hydrogens (tertiary/aromatic N) is 1. The maximum Gasteiger partial charge on any atom is 0.324 e. The van der Waals surface area contributed by atoms with Crippen LogP contribution >= 0.6 is 0 Å². The molecular formula is C22H23N3O4. The Morgan fingerprint density at radius 2 is 1.97 bits per heavy atom. The zero-order chi connectivity index (χ0) is 20.4. The quantitative estimate of drug-likeness (QED) is 0.708.